The Balaban J connectivity index is 2.47. The van der Waals surface area contributed by atoms with Crippen LogP contribution in [0, 0.1) is 5.92 Å². The zero-order valence-corrected chi connectivity index (χ0v) is 14.5. The number of hydrogen-bond donors (Lipinski definition) is 1. The number of ether oxygens (including phenoxy) is 2. The first kappa shape index (κ1) is 18.7. The highest BCUT2D eigenvalue weighted by Crippen LogP contribution is 2.11. The van der Waals surface area contributed by atoms with Gasteiger partial charge >= 0.3 is 12.1 Å². The van der Waals surface area contributed by atoms with Crippen LogP contribution in [-0.4, -0.2) is 48.4 Å². The smallest absolute Gasteiger partial charge is 0.408 e. The van der Waals surface area contributed by atoms with Crippen LogP contribution in [-0.2, 0) is 14.3 Å². The zero-order chi connectivity index (χ0) is 16.8. The van der Waals surface area contributed by atoms with E-state index in [-0.39, 0.29) is 12.6 Å². The van der Waals surface area contributed by atoms with Crippen molar-refractivity contribution in [1.29, 1.82) is 0 Å². The molecule has 1 saturated heterocycles. The SMILES string of the molecule is CC(C)[C@H](NC(=O)OC(C)(C)C)C(=O)OCN1CCCCC1. The van der Waals surface area contributed by atoms with E-state index in [0.29, 0.717) is 0 Å². The molecule has 0 radical (unpaired) electrons. The third-order valence-corrected chi connectivity index (χ3v) is 3.43. The van der Waals surface area contributed by atoms with Crippen molar-refractivity contribution in [2.24, 2.45) is 5.92 Å². The standard InChI is InChI=1S/C16H30N2O4/c1-12(2)13(17-15(20)22-16(3,4)5)14(19)21-11-18-9-7-6-8-10-18/h12-13H,6-11H2,1-5H3,(H,17,20)/t13-/m0/s1. The van der Waals surface area contributed by atoms with E-state index in [4.69, 9.17) is 9.47 Å². The van der Waals surface area contributed by atoms with E-state index in [1.54, 1.807) is 20.8 Å². The largest absolute Gasteiger partial charge is 0.448 e. The van der Waals surface area contributed by atoms with Crippen molar-refractivity contribution in [3.05, 3.63) is 0 Å². The molecule has 22 heavy (non-hydrogen) atoms. The second-order valence-electron chi connectivity index (χ2n) is 7.14. The molecule has 1 N–H and O–H groups in total. The van der Waals surface area contributed by atoms with Gasteiger partial charge in [0.2, 0.25) is 0 Å². The minimum Gasteiger partial charge on any atom is -0.448 e. The Kier molecular flexibility index (Phi) is 7.13. The van der Waals surface area contributed by atoms with Gasteiger partial charge in [0.05, 0.1) is 0 Å². The lowest BCUT2D eigenvalue weighted by Gasteiger charge is -2.28. The number of hydrogen-bond acceptors (Lipinski definition) is 5. The van der Waals surface area contributed by atoms with Gasteiger partial charge in [-0.1, -0.05) is 20.3 Å². The fraction of sp³-hybridized carbons (Fsp3) is 0.875. The number of alkyl carbamates (subject to hydrolysis) is 1. The van der Waals surface area contributed by atoms with Gasteiger partial charge in [-0.05, 0) is 39.5 Å². The van der Waals surface area contributed by atoms with Gasteiger partial charge in [-0.25, -0.2) is 9.59 Å². The number of amides is 1. The number of piperidine rings is 1. The lowest BCUT2D eigenvalue weighted by atomic mass is 10.1. The van der Waals surface area contributed by atoms with E-state index >= 15 is 0 Å². The molecule has 1 heterocycles. The Morgan fingerprint density at radius 1 is 1.14 bits per heavy atom. The molecule has 0 aliphatic carbocycles. The Hall–Kier alpha value is -1.30. The van der Waals surface area contributed by atoms with Crippen LogP contribution >= 0.6 is 0 Å². The maximum absolute atomic E-state index is 12.2. The Bertz CT molecular complexity index is 371. The number of likely N-dealkylation sites (tertiary alicyclic amines) is 1. The molecule has 0 spiro atoms. The predicted octanol–water partition coefficient (Wildman–Crippen LogP) is 2.52. The van der Waals surface area contributed by atoms with Crippen molar-refractivity contribution < 1.29 is 19.1 Å². The number of carbonyl (C=O) groups is 2. The zero-order valence-electron chi connectivity index (χ0n) is 14.5. The van der Waals surface area contributed by atoms with E-state index < -0.39 is 23.7 Å². The van der Waals surface area contributed by atoms with Crippen LogP contribution in [0.15, 0.2) is 0 Å². The van der Waals surface area contributed by atoms with Crippen LogP contribution in [0.1, 0.15) is 53.9 Å². The first-order valence-corrected chi connectivity index (χ1v) is 8.07. The van der Waals surface area contributed by atoms with Gasteiger partial charge < -0.3 is 14.8 Å². The maximum atomic E-state index is 12.2. The maximum Gasteiger partial charge on any atom is 0.408 e. The van der Waals surface area contributed by atoms with Gasteiger partial charge in [-0.2, -0.15) is 0 Å². The molecule has 1 amide bonds. The summed E-state index contributed by atoms with van der Waals surface area (Å²) < 4.78 is 10.5. The molecule has 0 saturated carbocycles. The average molecular weight is 314 g/mol. The molecule has 0 aromatic carbocycles. The van der Waals surface area contributed by atoms with Gasteiger partial charge in [-0.3, -0.25) is 4.90 Å². The topological polar surface area (TPSA) is 67.9 Å². The highest BCUT2D eigenvalue weighted by Gasteiger charge is 2.28. The summed E-state index contributed by atoms with van der Waals surface area (Å²) in [6, 6.07) is -0.695. The van der Waals surface area contributed by atoms with Crippen LogP contribution in [0.5, 0.6) is 0 Å². The summed E-state index contributed by atoms with van der Waals surface area (Å²) in [5.41, 5.74) is -0.594. The minimum absolute atomic E-state index is 0.0682. The van der Waals surface area contributed by atoms with Crippen LogP contribution in [0.3, 0.4) is 0 Å². The first-order chi connectivity index (χ1) is 10.2. The lowest BCUT2D eigenvalue weighted by Crippen LogP contribution is -2.48. The third-order valence-electron chi connectivity index (χ3n) is 3.43. The minimum atomic E-state index is -0.695. The van der Waals surface area contributed by atoms with E-state index in [9.17, 15) is 9.59 Å². The van der Waals surface area contributed by atoms with Crippen LogP contribution < -0.4 is 5.32 Å². The first-order valence-electron chi connectivity index (χ1n) is 8.07. The second-order valence-corrected chi connectivity index (χ2v) is 7.14. The van der Waals surface area contributed by atoms with Gasteiger partial charge in [-0.15, -0.1) is 0 Å². The summed E-state index contributed by atoms with van der Waals surface area (Å²) in [5, 5.41) is 2.61. The molecule has 1 fully saturated rings. The van der Waals surface area contributed by atoms with E-state index in [1.807, 2.05) is 13.8 Å². The Labute approximate surface area is 133 Å². The summed E-state index contributed by atoms with van der Waals surface area (Å²) >= 11 is 0. The summed E-state index contributed by atoms with van der Waals surface area (Å²) in [6.07, 6.45) is 2.92. The summed E-state index contributed by atoms with van der Waals surface area (Å²) in [5.74, 6) is -0.479. The number of rotatable bonds is 5. The molecule has 1 rings (SSSR count). The van der Waals surface area contributed by atoms with Gasteiger partial charge in [0.1, 0.15) is 18.4 Å². The molecular weight excluding hydrogens is 284 g/mol. The van der Waals surface area contributed by atoms with E-state index in [2.05, 4.69) is 10.2 Å². The predicted molar refractivity (Wildman–Crippen MR) is 84.4 cm³/mol. The van der Waals surface area contributed by atoms with Gasteiger partial charge in [0, 0.05) is 13.1 Å². The molecule has 0 bridgehead atoms. The summed E-state index contributed by atoms with van der Waals surface area (Å²) in [6.45, 7) is 11.3. The number of nitrogens with one attached hydrogen (secondary N) is 1. The molecule has 6 heteroatoms. The quantitative estimate of drug-likeness (QED) is 0.790. The number of carbonyl (C=O) groups excluding carboxylic acids is 2. The monoisotopic (exact) mass is 314 g/mol. The summed E-state index contributed by atoms with van der Waals surface area (Å²) in [4.78, 5) is 26.2. The molecule has 0 unspecified atom stereocenters. The van der Waals surface area contributed by atoms with E-state index in [0.717, 1.165) is 25.9 Å². The second kappa shape index (κ2) is 8.36. The molecule has 1 aliphatic heterocycles. The Morgan fingerprint density at radius 3 is 2.23 bits per heavy atom. The average Bonchev–Trinajstić information content (AvgIpc) is 2.41. The van der Waals surface area contributed by atoms with Crippen molar-refractivity contribution >= 4 is 12.1 Å². The fourth-order valence-corrected chi connectivity index (χ4v) is 2.27. The highest BCUT2D eigenvalue weighted by molar-refractivity contribution is 5.81. The normalized spacial score (nSPS) is 17.9. The van der Waals surface area contributed by atoms with Crippen molar-refractivity contribution in [2.45, 2.75) is 65.5 Å². The molecule has 128 valence electrons. The van der Waals surface area contributed by atoms with Crippen LogP contribution in [0.25, 0.3) is 0 Å². The highest BCUT2D eigenvalue weighted by atomic mass is 16.6. The van der Waals surface area contributed by atoms with Crippen molar-refractivity contribution in [1.82, 2.24) is 10.2 Å². The van der Waals surface area contributed by atoms with Crippen molar-refractivity contribution in [3.8, 4) is 0 Å². The molecular formula is C16H30N2O4. The van der Waals surface area contributed by atoms with Crippen LogP contribution in [0.4, 0.5) is 4.79 Å². The molecule has 0 aromatic rings. The molecule has 0 aromatic heterocycles. The summed E-state index contributed by atoms with van der Waals surface area (Å²) in [7, 11) is 0. The van der Waals surface area contributed by atoms with Crippen molar-refractivity contribution in [2.75, 3.05) is 19.8 Å². The molecule has 1 atom stereocenters. The fourth-order valence-electron chi connectivity index (χ4n) is 2.27. The number of esters is 1. The van der Waals surface area contributed by atoms with Gasteiger partial charge in [0.25, 0.3) is 0 Å². The number of nitrogens with zero attached hydrogens (tertiary/aromatic N) is 1. The van der Waals surface area contributed by atoms with E-state index in [1.165, 1.54) is 6.42 Å². The lowest BCUT2D eigenvalue weighted by molar-refractivity contribution is -0.152. The third kappa shape index (κ3) is 7.11. The van der Waals surface area contributed by atoms with Crippen LogP contribution in [0.2, 0.25) is 0 Å². The molecule has 6 nitrogen and oxygen atoms in total. The Morgan fingerprint density at radius 2 is 1.73 bits per heavy atom. The van der Waals surface area contributed by atoms with Gasteiger partial charge in [0.15, 0.2) is 0 Å². The molecule has 1 aliphatic rings. The van der Waals surface area contributed by atoms with Crippen molar-refractivity contribution in [3.63, 3.8) is 0 Å².